The van der Waals surface area contributed by atoms with Crippen LogP contribution in [0.15, 0.2) is 41.1 Å². The monoisotopic (exact) mass is 348 g/mol. The van der Waals surface area contributed by atoms with Gasteiger partial charge in [-0.05, 0) is 61.7 Å². The molecule has 1 aliphatic rings. The lowest BCUT2D eigenvalue weighted by Crippen LogP contribution is -2.20. The molecule has 0 amide bonds. The summed E-state index contributed by atoms with van der Waals surface area (Å²) in [7, 11) is 2.05. The van der Waals surface area contributed by atoms with E-state index in [1.165, 1.54) is 30.4 Å². The molecule has 112 valence electrons. The molecule has 0 radical (unpaired) electrons. The molecule has 1 aliphatic carbocycles. The Hall–Kier alpha value is -1.26. The van der Waals surface area contributed by atoms with Crippen LogP contribution >= 0.6 is 15.9 Å². The molecule has 0 aliphatic heterocycles. The molecular weight excluding hydrogens is 328 g/mol. The van der Waals surface area contributed by atoms with E-state index < -0.39 is 0 Å². The maximum Gasteiger partial charge on any atom is 0.119 e. The van der Waals surface area contributed by atoms with Crippen molar-refractivity contribution in [3.63, 3.8) is 0 Å². The largest absolute Gasteiger partial charge is 0.492 e. The summed E-state index contributed by atoms with van der Waals surface area (Å²) in [5.41, 5.74) is 2.96. The quantitative estimate of drug-likeness (QED) is 0.885. The van der Waals surface area contributed by atoms with E-state index in [1.54, 1.807) is 0 Å². The smallest absolute Gasteiger partial charge is 0.119 e. The Kier molecular flexibility index (Phi) is 4.66. The summed E-state index contributed by atoms with van der Waals surface area (Å²) in [4.78, 5) is 0. The van der Waals surface area contributed by atoms with Crippen molar-refractivity contribution < 1.29 is 4.74 Å². The minimum absolute atomic E-state index is 0.516. The van der Waals surface area contributed by atoms with E-state index in [9.17, 15) is 0 Å². The fraction of sp³-hybridized carbons (Fsp3) is 0.412. The summed E-state index contributed by atoms with van der Waals surface area (Å²) in [5.74, 6) is 0.920. The molecule has 0 fully saturated rings. The Labute approximate surface area is 134 Å². The first-order chi connectivity index (χ1) is 10.3. The summed E-state index contributed by atoms with van der Waals surface area (Å²) in [6.45, 7) is 1.58. The fourth-order valence-corrected chi connectivity index (χ4v) is 3.24. The van der Waals surface area contributed by atoms with Crippen LogP contribution in [0.2, 0.25) is 0 Å². The van der Waals surface area contributed by atoms with Gasteiger partial charge in [0.25, 0.3) is 0 Å². The predicted molar refractivity (Wildman–Crippen MR) is 88.8 cm³/mol. The summed E-state index contributed by atoms with van der Waals surface area (Å²) in [6.07, 6.45) is 8.28. The van der Waals surface area contributed by atoms with Crippen LogP contribution in [-0.2, 0) is 13.0 Å². The first-order valence-corrected chi connectivity index (χ1v) is 8.30. The fourth-order valence-electron chi connectivity index (χ4n) is 2.98. The third-order valence-electron chi connectivity index (χ3n) is 4.09. The van der Waals surface area contributed by atoms with Crippen molar-refractivity contribution in [2.24, 2.45) is 0 Å². The van der Waals surface area contributed by atoms with Crippen molar-refractivity contribution in [2.45, 2.75) is 31.8 Å². The van der Waals surface area contributed by atoms with Crippen LogP contribution in [0.5, 0.6) is 5.75 Å². The van der Waals surface area contributed by atoms with Crippen molar-refractivity contribution in [3.8, 4) is 5.75 Å². The molecule has 1 N–H and O–H groups in total. The van der Waals surface area contributed by atoms with Crippen LogP contribution in [0.3, 0.4) is 0 Å². The Morgan fingerprint density at radius 1 is 1.29 bits per heavy atom. The molecule has 0 bridgehead atoms. The number of aryl methyl sites for hydroxylation is 1. The number of nitrogens with zero attached hydrogens (tertiary/aromatic N) is 1. The number of hydrogen-bond acceptors (Lipinski definition) is 2. The number of halogens is 1. The number of ether oxygens (including phenoxy) is 1. The summed E-state index contributed by atoms with van der Waals surface area (Å²) in [6, 6.07) is 8.49. The minimum Gasteiger partial charge on any atom is -0.492 e. The average Bonchev–Trinajstić information content (AvgIpc) is 2.92. The number of benzene rings is 1. The topological polar surface area (TPSA) is 26.2 Å². The minimum atomic E-state index is 0.516. The first kappa shape index (κ1) is 14.7. The van der Waals surface area contributed by atoms with Crippen molar-refractivity contribution in [1.29, 1.82) is 0 Å². The Bertz CT molecular complexity index is 591. The van der Waals surface area contributed by atoms with Crippen molar-refractivity contribution >= 4 is 15.9 Å². The van der Waals surface area contributed by atoms with Gasteiger partial charge in [0.15, 0.2) is 0 Å². The highest BCUT2D eigenvalue weighted by molar-refractivity contribution is 9.10. The molecule has 1 aromatic heterocycles. The van der Waals surface area contributed by atoms with Crippen LogP contribution in [0.25, 0.3) is 0 Å². The lowest BCUT2D eigenvalue weighted by atomic mass is 9.91. The van der Waals surface area contributed by atoms with Gasteiger partial charge in [-0.15, -0.1) is 0 Å². The molecule has 1 unspecified atom stereocenters. The van der Waals surface area contributed by atoms with Crippen molar-refractivity contribution in [3.05, 3.63) is 52.3 Å². The van der Waals surface area contributed by atoms with Gasteiger partial charge >= 0.3 is 0 Å². The highest BCUT2D eigenvalue weighted by Crippen LogP contribution is 2.30. The summed E-state index contributed by atoms with van der Waals surface area (Å²) in [5, 5.41) is 3.41. The van der Waals surface area contributed by atoms with E-state index in [2.05, 4.69) is 38.2 Å². The van der Waals surface area contributed by atoms with Crippen LogP contribution in [-0.4, -0.2) is 18.2 Å². The number of aromatic nitrogens is 1. The number of fused-ring (bicyclic) bond motifs is 1. The zero-order chi connectivity index (χ0) is 14.7. The first-order valence-electron chi connectivity index (χ1n) is 7.50. The average molecular weight is 349 g/mol. The molecule has 3 rings (SSSR count). The molecule has 4 heteroatoms. The van der Waals surface area contributed by atoms with E-state index in [1.807, 2.05) is 31.3 Å². The van der Waals surface area contributed by atoms with Crippen LogP contribution in [0.1, 0.15) is 30.0 Å². The van der Waals surface area contributed by atoms with Crippen LogP contribution < -0.4 is 10.1 Å². The highest BCUT2D eigenvalue weighted by atomic mass is 79.9. The molecule has 0 saturated carbocycles. The number of rotatable bonds is 5. The Morgan fingerprint density at radius 3 is 2.86 bits per heavy atom. The third kappa shape index (κ3) is 3.50. The van der Waals surface area contributed by atoms with E-state index >= 15 is 0 Å². The molecule has 21 heavy (non-hydrogen) atoms. The normalized spacial score (nSPS) is 17.5. The van der Waals surface area contributed by atoms with Gasteiger partial charge in [-0.2, -0.15) is 0 Å². The lowest BCUT2D eigenvalue weighted by molar-refractivity contribution is 0.298. The van der Waals surface area contributed by atoms with E-state index in [-0.39, 0.29) is 0 Å². The molecule has 0 spiro atoms. The Morgan fingerprint density at radius 2 is 2.10 bits per heavy atom. The van der Waals surface area contributed by atoms with Gasteiger partial charge in [-0.1, -0.05) is 15.9 Å². The van der Waals surface area contributed by atoms with Crippen LogP contribution in [0.4, 0.5) is 0 Å². The SMILES string of the molecule is CNC1CCCc2cn(CCOc3ccc(Br)cc3)cc21. The lowest BCUT2D eigenvalue weighted by Gasteiger charge is -2.21. The van der Waals surface area contributed by atoms with Gasteiger partial charge in [0.1, 0.15) is 12.4 Å². The van der Waals surface area contributed by atoms with E-state index in [0.717, 1.165) is 16.8 Å². The second-order valence-electron chi connectivity index (χ2n) is 5.51. The van der Waals surface area contributed by atoms with Gasteiger partial charge in [-0.25, -0.2) is 0 Å². The summed E-state index contributed by atoms with van der Waals surface area (Å²) >= 11 is 3.43. The zero-order valence-electron chi connectivity index (χ0n) is 12.3. The van der Waals surface area contributed by atoms with Gasteiger partial charge in [-0.3, -0.25) is 0 Å². The maximum atomic E-state index is 5.79. The standard InChI is InChI=1S/C17H21BrN2O/c1-19-17-4-2-3-13-11-20(12-16(13)17)9-10-21-15-7-5-14(18)6-8-15/h5-8,11-12,17,19H,2-4,9-10H2,1H3. The predicted octanol–water partition coefficient (Wildman–Crippen LogP) is 3.93. The van der Waals surface area contributed by atoms with Gasteiger partial charge in [0.05, 0.1) is 6.54 Å². The Balaban J connectivity index is 1.58. The summed E-state index contributed by atoms with van der Waals surface area (Å²) < 4.78 is 9.13. The molecule has 2 aromatic rings. The van der Waals surface area contributed by atoms with E-state index in [0.29, 0.717) is 12.6 Å². The molecule has 1 heterocycles. The second-order valence-corrected chi connectivity index (χ2v) is 6.43. The molecule has 1 aromatic carbocycles. The zero-order valence-corrected chi connectivity index (χ0v) is 13.9. The van der Waals surface area contributed by atoms with Gasteiger partial charge < -0.3 is 14.6 Å². The molecule has 1 atom stereocenters. The molecular formula is C17H21BrN2O. The second kappa shape index (κ2) is 6.67. The van der Waals surface area contributed by atoms with Crippen molar-refractivity contribution in [1.82, 2.24) is 9.88 Å². The van der Waals surface area contributed by atoms with Gasteiger partial charge in [0.2, 0.25) is 0 Å². The van der Waals surface area contributed by atoms with Crippen molar-refractivity contribution in [2.75, 3.05) is 13.7 Å². The maximum absolute atomic E-state index is 5.79. The third-order valence-corrected chi connectivity index (χ3v) is 4.62. The highest BCUT2D eigenvalue weighted by Gasteiger charge is 2.20. The van der Waals surface area contributed by atoms with E-state index in [4.69, 9.17) is 4.74 Å². The molecule has 0 saturated heterocycles. The van der Waals surface area contributed by atoms with Gasteiger partial charge in [0, 0.05) is 22.9 Å². The molecule has 3 nitrogen and oxygen atoms in total. The number of nitrogens with one attached hydrogen (secondary N) is 1. The van der Waals surface area contributed by atoms with Crippen LogP contribution in [0, 0.1) is 0 Å². The number of hydrogen-bond donors (Lipinski definition) is 1.